The average Bonchev–Trinajstić information content (AvgIpc) is 3.18. The summed E-state index contributed by atoms with van der Waals surface area (Å²) in [5, 5.41) is 0. The van der Waals surface area contributed by atoms with Gasteiger partial charge in [0.15, 0.2) is 11.5 Å². The van der Waals surface area contributed by atoms with Crippen LogP contribution in [0.2, 0.25) is 0 Å². The van der Waals surface area contributed by atoms with Crippen LogP contribution in [0, 0.1) is 0 Å². The van der Waals surface area contributed by atoms with Gasteiger partial charge in [0.05, 0.1) is 6.26 Å². The van der Waals surface area contributed by atoms with E-state index < -0.39 is 0 Å². The molecule has 0 radical (unpaired) electrons. The maximum Gasteiger partial charge on any atom is 0.231 e. The number of aromatic amines is 1. The second-order valence-electron chi connectivity index (χ2n) is 4.17. The van der Waals surface area contributed by atoms with Crippen molar-refractivity contribution in [1.29, 1.82) is 0 Å². The molecule has 0 bridgehead atoms. The van der Waals surface area contributed by atoms with E-state index in [0.29, 0.717) is 0 Å². The molecule has 0 amide bonds. The Morgan fingerprint density at radius 3 is 2.63 bits per heavy atom. The third-order valence-corrected chi connectivity index (χ3v) is 3.05. The van der Waals surface area contributed by atoms with Gasteiger partial charge in [0.2, 0.25) is 6.79 Å². The van der Waals surface area contributed by atoms with E-state index in [1.54, 1.807) is 18.7 Å². The fraction of sp³-hybridized carbons (Fsp3) is 0.0714. The number of furan rings is 1. The molecule has 0 aliphatic carbocycles. The molecule has 19 heavy (non-hydrogen) atoms. The fourth-order valence-corrected chi connectivity index (χ4v) is 2.19. The smallest absolute Gasteiger partial charge is 0.231 e. The normalized spacial score (nSPS) is 12.8. The average molecular weight is 254 g/mol. The van der Waals surface area contributed by atoms with Crippen LogP contribution in [-0.4, -0.2) is 16.8 Å². The molecule has 3 aromatic rings. The largest absolute Gasteiger partial charge is 0.464 e. The predicted molar refractivity (Wildman–Crippen MR) is 67.8 cm³/mol. The van der Waals surface area contributed by atoms with Crippen molar-refractivity contribution in [2.45, 2.75) is 0 Å². The number of hydrogen-bond acceptors (Lipinski definition) is 4. The van der Waals surface area contributed by atoms with E-state index in [4.69, 9.17) is 13.9 Å². The van der Waals surface area contributed by atoms with Crippen LogP contribution in [0.1, 0.15) is 0 Å². The Bertz CT molecular complexity index is 641. The zero-order valence-electron chi connectivity index (χ0n) is 9.92. The number of benzene rings is 1. The van der Waals surface area contributed by atoms with Crippen LogP contribution < -0.4 is 9.47 Å². The highest BCUT2D eigenvalue weighted by atomic mass is 16.7. The van der Waals surface area contributed by atoms with Gasteiger partial charge in [-0.3, -0.25) is 0 Å². The van der Waals surface area contributed by atoms with Crippen LogP contribution in [-0.2, 0) is 0 Å². The molecule has 1 N–H and O–H groups in total. The van der Waals surface area contributed by atoms with Crippen molar-refractivity contribution < 1.29 is 13.9 Å². The van der Waals surface area contributed by atoms with Crippen molar-refractivity contribution in [2.24, 2.45) is 0 Å². The minimum absolute atomic E-state index is 0.245. The van der Waals surface area contributed by atoms with Gasteiger partial charge < -0.3 is 18.9 Å². The number of imidazole rings is 1. The van der Waals surface area contributed by atoms with E-state index in [0.717, 1.165) is 34.2 Å². The maximum absolute atomic E-state index is 5.48. The van der Waals surface area contributed by atoms with Crippen LogP contribution in [0.4, 0.5) is 0 Å². The molecule has 0 saturated carbocycles. The number of hydrogen-bond donors (Lipinski definition) is 1. The van der Waals surface area contributed by atoms with Crippen LogP contribution >= 0.6 is 0 Å². The molecule has 0 fully saturated rings. The molecule has 94 valence electrons. The maximum atomic E-state index is 5.48. The van der Waals surface area contributed by atoms with Gasteiger partial charge in [0.25, 0.3) is 0 Å². The van der Waals surface area contributed by atoms with Crippen molar-refractivity contribution in [2.75, 3.05) is 6.79 Å². The number of rotatable bonds is 2. The van der Waals surface area contributed by atoms with Gasteiger partial charge in [-0.2, -0.15) is 0 Å². The van der Waals surface area contributed by atoms with Crippen LogP contribution in [0.5, 0.6) is 11.5 Å². The van der Waals surface area contributed by atoms with Gasteiger partial charge in [-0.25, -0.2) is 4.98 Å². The second kappa shape index (κ2) is 3.91. The summed E-state index contributed by atoms with van der Waals surface area (Å²) in [5.74, 6) is 2.98. The third-order valence-electron chi connectivity index (χ3n) is 3.05. The molecule has 5 heteroatoms. The van der Waals surface area contributed by atoms with Crippen molar-refractivity contribution in [3.63, 3.8) is 0 Å². The van der Waals surface area contributed by atoms with Gasteiger partial charge in [0, 0.05) is 23.5 Å². The van der Waals surface area contributed by atoms with Gasteiger partial charge in [-0.15, -0.1) is 0 Å². The molecular formula is C14H10N2O3. The highest BCUT2D eigenvalue weighted by molar-refractivity contribution is 5.81. The number of nitrogens with zero attached hydrogens (tertiary/aromatic N) is 1. The lowest BCUT2D eigenvalue weighted by molar-refractivity contribution is 0.174. The second-order valence-corrected chi connectivity index (χ2v) is 4.17. The van der Waals surface area contributed by atoms with E-state index in [-0.39, 0.29) is 6.79 Å². The molecule has 3 heterocycles. The molecule has 1 aromatic carbocycles. The molecule has 2 aromatic heterocycles. The minimum atomic E-state index is 0.245. The lowest BCUT2D eigenvalue weighted by Crippen LogP contribution is -1.92. The Balaban J connectivity index is 1.97. The standard InChI is InChI=1S/C14H10N2O3/c1-2-11(17-5-1)9-6-12-13(19-8-18-12)7-10(9)14-15-3-4-16-14/h1-7H,8H2,(H,15,16). The summed E-state index contributed by atoms with van der Waals surface area (Å²) < 4.78 is 16.3. The van der Waals surface area contributed by atoms with Crippen molar-refractivity contribution in [3.05, 3.63) is 42.9 Å². The molecular weight excluding hydrogens is 244 g/mol. The summed E-state index contributed by atoms with van der Waals surface area (Å²) in [6.45, 7) is 0.245. The highest BCUT2D eigenvalue weighted by Gasteiger charge is 2.20. The van der Waals surface area contributed by atoms with E-state index in [1.807, 2.05) is 24.3 Å². The number of H-pyrrole nitrogens is 1. The Hall–Kier alpha value is -2.69. The zero-order chi connectivity index (χ0) is 12.7. The number of nitrogens with one attached hydrogen (secondary N) is 1. The first-order valence-corrected chi connectivity index (χ1v) is 5.89. The molecule has 1 aliphatic rings. The monoisotopic (exact) mass is 254 g/mol. The van der Waals surface area contributed by atoms with Gasteiger partial charge in [0.1, 0.15) is 11.6 Å². The van der Waals surface area contributed by atoms with Crippen LogP contribution in [0.15, 0.2) is 47.3 Å². The van der Waals surface area contributed by atoms with E-state index in [1.165, 1.54) is 0 Å². The molecule has 0 unspecified atom stereocenters. The quantitative estimate of drug-likeness (QED) is 0.763. The molecule has 0 atom stereocenters. The topological polar surface area (TPSA) is 60.3 Å². The van der Waals surface area contributed by atoms with E-state index >= 15 is 0 Å². The Morgan fingerprint density at radius 2 is 1.95 bits per heavy atom. The first-order valence-electron chi connectivity index (χ1n) is 5.89. The summed E-state index contributed by atoms with van der Waals surface area (Å²) in [5.41, 5.74) is 1.84. The predicted octanol–water partition coefficient (Wildman–Crippen LogP) is 3.07. The molecule has 1 aliphatic heterocycles. The van der Waals surface area contributed by atoms with Gasteiger partial charge >= 0.3 is 0 Å². The van der Waals surface area contributed by atoms with Crippen molar-refractivity contribution in [3.8, 4) is 34.2 Å². The van der Waals surface area contributed by atoms with Crippen molar-refractivity contribution in [1.82, 2.24) is 9.97 Å². The van der Waals surface area contributed by atoms with E-state index in [2.05, 4.69) is 9.97 Å². The summed E-state index contributed by atoms with van der Waals surface area (Å²) >= 11 is 0. The first-order chi connectivity index (χ1) is 9.42. The first kappa shape index (κ1) is 10.3. The summed E-state index contributed by atoms with van der Waals surface area (Å²) in [4.78, 5) is 7.39. The molecule has 5 nitrogen and oxygen atoms in total. The van der Waals surface area contributed by atoms with Crippen molar-refractivity contribution >= 4 is 0 Å². The summed E-state index contributed by atoms with van der Waals surface area (Å²) in [6.07, 6.45) is 5.14. The SMILES string of the molecule is c1coc(-c2cc3c(cc2-c2ncc[nH]2)OCO3)c1. The Kier molecular flexibility index (Phi) is 2.11. The number of fused-ring (bicyclic) bond motifs is 1. The van der Waals surface area contributed by atoms with Gasteiger partial charge in [-0.1, -0.05) is 0 Å². The van der Waals surface area contributed by atoms with E-state index in [9.17, 15) is 0 Å². The number of aromatic nitrogens is 2. The lowest BCUT2D eigenvalue weighted by atomic mass is 10.0. The van der Waals surface area contributed by atoms with Gasteiger partial charge in [-0.05, 0) is 24.3 Å². The molecule has 0 saturated heterocycles. The minimum Gasteiger partial charge on any atom is -0.464 e. The molecule has 0 spiro atoms. The highest BCUT2D eigenvalue weighted by Crippen LogP contribution is 2.42. The van der Waals surface area contributed by atoms with Crippen LogP contribution in [0.25, 0.3) is 22.7 Å². The lowest BCUT2D eigenvalue weighted by Gasteiger charge is -2.07. The number of ether oxygens (including phenoxy) is 2. The molecule has 4 rings (SSSR count). The summed E-state index contributed by atoms with van der Waals surface area (Å²) in [6, 6.07) is 7.59. The third kappa shape index (κ3) is 1.59. The fourth-order valence-electron chi connectivity index (χ4n) is 2.19. The summed E-state index contributed by atoms with van der Waals surface area (Å²) in [7, 11) is 0. The zero-order valence-corrected chi connectivity index (χ0v) is 9.92. The van der Waals surface area contributed by atoms with Crippen LogP contribution in [0.3, 0.4) is 0 Å². The Labute approximate surface area is 108 Å². The Morgan fingerprint density at radius 1 is 1.11 bits per heavy atom.